The molecule has 2 N–H and O–H groups in total. The van der Waals surface area contributed by atoms with E-state index in [0.29, 0.717) is 0 Å². The molecular formula is C15H30N4. The lowest BCUT2D eigenvalue weighted by atomic mass is 10.1. The SMILES string of the molecule is CCc1cc(CC(N)CCN(CC)CC)n(CC)n1. The van der Waals surface area contributed by atoms with Gasteiger partial charge in [-0.3, -0.25) is 4.68 Å². The van der Waals surface area contributed by atoms with E-state index in [1.807, 2.05) is 0 Å². The van der Waals surface area contributed by atoms with Crippen LogP contribution in [0, 0.1) is 0 Å². The highest BCUT2D eigenvalue weighted by molar-refractivity contribution is 5.11. The molecule has 0 bridgehead atoms. The van der Waals surface area contributed by atoms with Crippen molar-refractivity contribution in [3.8, 4) is 0 Å². The zero-order valence-corrected chi connectivity index (χ0v) is 13.0. The molecule has 1 aromatic rings. The molecule has 1 unspecified atom stereocenters. The molecule has 0 aliphatic carbocycles. The molecule has 4 nitrogen and oxygen atoms in total. The highest BCUT2D eigenvalue weighted by Crippen LogP contribution is 2.09. The number of hydrogen-bond acceptors (Lipinski definition) is 3. The van der Waals surface area contributed by atoms with Crippen LogP contribution in [0.1, 0.15) is 45.5 Å². The molecule has 1 aromatic heterocycles. The fraction of sp³-hybridized carbons (Fsp3) is 0.800. The fourth-order valence-electron chi connectivity index (χ4n) is 2.38. The third-order valence-electron chi connectivity index (χ3n) is 3.76. The normalized spacial score (nSPS) is 13.2. The molecule has 0 spiro atoms. The van der Waals surface area contributed by atoms with Gasteiger partial charge in [0.05, 0.1) is 5.69 Å². The molecule has 4 heteroatoms. The highest BCUT2D eigenvalue weighted by atomic mass is 15.3. The molecule has 0 radical (unpaired) electrons. The largest absolute Gasteiger partial charge is 0.327 e. The summed E-state index contributed by atoms with van der Waals surface area (Å²) in [7, 11) is 0. The maximum atomic E-state index is 6.27. The van der Waals surface area contributed by atoms with Crippen LogP contribution in [0.3, 0.4) is 0 Å². The maximum absolute atomic E-state index is 6.27. The van der Waals surface area contributed by atoms with Gasteiger partial charge in [-0.05, 0) is 45.5 Å². The fourth-order valence-corrected chi connectivity index (χ4v) is 2.38. The van der Waals surface area contributed by atoms with Gasteiger partial charge in [-0.25, -0.2) is 0 Å². The number of aromatic nitrogens is 2. The number of hydrogen-bond donors (Lipinski definition) is 1. The zero-order valence-electron chi connectivity index (χ0n) is 13.0. The second-order valence-corrected chi connectivity index (χ2v) is 5.08. The summed E-state index contributed by atoms with van der Waals surface area (Å²) in [6.45, 7) is 12.9. The summed E-state index contributed by atoms with van der Waals surface area (Å²) in [5, 5.41) is 4.58. The van der Waals surface area contributed by atoms with Gasteiger partial charge >= 0.3 is 0 Å². The summed E-state index contributed by atoms with van der Waals surface area (Å²) in [6, 6.07) is 2.44. The molecule has 0 saturated carbocycles. The van der Waals surface area contributed by atoms with Crippen LogP contribution < -0.4 is 5.73 Å². The summed E-state index contributed by atoms with van der Waals surface area (Å²) in [4.78, 5) is 2.43. The van der Waals surface area contributed by atoms with Gasteiger partial charge in [-0.1, -0.05) is 20.8 Å². The van der Waals surface area contributed by atoms with Crippen molar-refractivity contribution in [1.29, 1.82) is 0 Å². The van der Waals surface area contributed by atoms with Gasteiger partial charge in [0.15, 0.2) is 0 Å². The van der Waals surface area contributed by atoms with Crippen molar-refractivity contribution in [1.82, 2.24) is 14.7 Å². The lowest BCUT2D eigenvalue weighted by molar-refractivity contribution is 0.289. The highest BCUT2D eigenvalue weighted by Gasteiger charge is 2.11. The summed E-state index contributed by atoms with van der Waals surface area (Å²) in [6.07, 6.45) is 2.98. The molecule has 1 heterocycles. The maximum Gasteiger partial charge on any atom is 0.0624 e. The Morgan fingerprint density at radius 1 is 1.26 bits per heavy atom. The molecule has 0 aromatic carbocycles. The molecule has 0 aliphatic heterocycles. The topological polar surface area (TPSA) is 47.1 Å². The monoisotopic (exact) mass is 266 g/mol. The average Bonchev–Trinajstić information content (AvgIpc) is 2.82. The average molecular weight is 266 g/mol. The summed E-state index contributed by atoms with van der Waals surface area (Å²) < 4.78 is 2.09. The molecule has 110 valence electrons. The third-order valence-corrected chi connectivity index (χ3v) is 3.76. The smallest absolute Gasteiger partial charge is 0.0624 e. The van der Waals surface area contributed by atoms with Crippen molar-refractivity contribution in [2.24, 2.45) is 5.73 Å². The van der Waals surface area contributed by atoms with Crippen molar-refractivity contribution in [3.63, 3.8) is 0 Å². The molecular weight excluding hydrogens is 236 g/mol. The number of nitrogens with two attached hydrogens (primary N) is 1. The predicted molar refractivity (Wildman–Crippen MR) is 81.4 cm³/mol. The minimum Gasteiger partial charge on any atom is -0.327 e. The third kappa shape index (κ3) is 4.96. The first-order valence-corrected chi connectivity index (χ1v) is 7.67. The standard InChI is InChI=1S/C15H30N4/c1-5-14-12-15(19(8-4)17-14)11-13(16)9-10-18(6-2)7-3/h12-13H,5-11,16H2,1-4H3. The van der Waals surface area contributed by atoms with Crippen LogP contribution in [0.15, 0.2) is 6.07 Å². The Labute approximate surface area is 118 Å². The minimum atomic E-state index is 0.229. The minimum absolute atomic E-state index is 0.229. The van der Waals surface area contributed by atoms with E-state index in [2.05, 4.69) is 48.4 Å². The van der Waals surface area contributed by atoms with E-state index in [1.165, 1.54) is 11.4 Å². The van der Waals surface area contributed by atoms with Gasteiger partial charge in [0.2, 0.25) is 0 Å². The summed E-state index contributed by atoms with van der Waals surface area (Å²) in [5.74, 6) is 0. The number of rotatable bonds is 9. The van der Waals surface area contributed by atoms with Crippen LogP contribution in [0.5, 0.6) is 0 Å². The van der Waals surface area contributed by atoms with Gasteiger partial charge in [0.1, 0.15) is 0 Å². The predicted octanol–water partition coefficient (Wildman–Crippen LogP) is 2.07. The quantitative estimate of drug-likeness (QED) is 0.744. The summed E-state index contributed by atoms with van der Waals surface area (Å²) in [5.41, 5.74) is 8.73. The van der Waals surface area contributed by atoms with Crippen LogP contribution in [0.25, 0.3) is 0 Å². The van der Waals surface area contributed by atoms with E-state index in [1.54, 1.807) is 0 Å². The second-order valence-electron chi connectivity index (χ2n) is 5.08. The van der Waals surface area contributed by atoms with E-state index in [-0.39, 0.29) is 6.04 Å². The Morgan fingerprint density at radius 3 is 2.47 bits per heavy atom. The molecule has 1 rings (SSSR count). The lowest BCUT2D eigenvalue weighted by Crippen LogP contribution is -2.32. The Morgan fingerprint density at radius 2 is 1.95 bits per heavy atom. The molecule has 19 heavy (non-hydrogen) atoms. The second kappa shape index (κ2) is 8.33. The van der Waals surface area contributed by atoms with Gasteiger partial charge in [-0.15, -0.1) is 0 Å². The van der Waals surface area contributed by atoms with Crippen LogP contribution in [0.4, 0.5) is 0 Å². The Hall–Kier alpha value is -0.870. The van der Waals surface area contributed by atoms with Gasteiger partial charge < -0.3 is 10.6 Å². The Kier molecular flexibility index (Phi) is 7.10. The van der Waals surface area contributed by atoms with Crippen LogP contribution in [0.2, 0.25) is 0 Å². The number of aryl methyl sites for hydroxylation is 2. The van der Waals surface area contributed by atoms with Crippen LogP contribution in [-0.2, 0) is 19.4 Å². The van der Waals surface area contributed by atoms with Crippen LogP contribution >= 0.6 is 0 Å². The molecule has 1 atom stereocenters. The Balaban J connectivity index is 2.51. The van der Waals surface area contributed by atoms with E-state index in [0.717, 1.165) is 45.4 Å². The zero-order chi connectivity index (χ0) is 14.3. The molecule has 0 aliphatic rings. The first-order valence-electron chi connectivity index (χ1n) is 7.67. The van der Waals surface area contributed by atoms with E-state index >= 15 is 0 Å². The van der Waals surface area contributed by atoms with E-state index < -0.39 is 0 Å². The van der Waals surface area contributed by atoms with E-state index in [9.17, 15) is 0 Å². The van der Waals surface area contributed by atoms with Crippen molar-refractivity contribution in [2.45, 2.75) is 59.5 Å². The first-order chi connectivity index (χ1) is 9.14. The lowest BCUT2D eigenvalue weighted by Gasteiger charge is -2.20. The van der Waals surface area contributed by atoms with Crippen molar-refractivity contribution in [2.75, 3.05) is 19.6 Å². The van der Waals surface area contributed by atoms with Crippen LogP contribution in [-0.4, -0.2) is 40.4 Å². The van der Waals surface area contributed by atoms with Gasteiger partial charge in [0, 0.05) is 24.7 Å². The molecule has 0 amide bonds. The Bertz CT molecular complexity index is 355. The molecule has 0 saturated heterocycles. The first kappa shape index (κ1) is 16.2. The van der Waals surface area contributed by atoms with Crippen molar-refractivity contribution >= 4 is 0 Å². The van der Waals surface area contributed by atoms with Gasteiger partial charge in [-0.2, -0.15) is 5.10 Å². The molecule has 0 fully saturated rings. The van der Waals surface area contributed by atoms with Gasteiger partial charge in [0.25, 0.3) is 0 Å². The van der Waals surface area contributed by atoms with E-state index in [4.69, 9.17) is 5.73 Å². The number of nitrogens with zero attached hydrogens (tertiary/aromatic N) is 3. The summed E-state index contributed by atoms with van der Waals surface area (Å²) >= 11 is 0. The van der Waals surface area contributed by atoms with Crippen molar-refractivity contribution in [3.05, 3.63) is 17.5 Å². The van der Waals surface area contributed by atoms with Crippen molar-refractivity contribution < 1.29 is 0 Å².